The number of ether oxygens (including phenoxy) is 2. The number of hydrogen-bond donors (Lipinski definition) is 0. The summed E-state index contributed by atoms with van der Waals surface area (Å²) in [5, 5.41) is 0. The van der Waals surface area contributed by atoms with Gasteiger partial charge in [0.05, 0.1) is 5.56 Å². The molecule has 0 saturated heterocycles. The second kappa shape index (κ2) is 6.84. The fourth-order valence-corrected chi connectivity index (χ4v) is 2.71. The molecule has 0 amide bonds. The highest BCUT2D eigenvalue weighted by Crippen LogP contribution is 2.35. The monoisotopic (exact) mass is 346 g/mol. The SMILES string of the molecule is O=C1C(=Cc2ccc(F)cc2)Oc2cc(OCc3ccccc3)ccc21. The molecule has 0 fully saturated rings. The van der Waals surface area contributed by atoms with Gasteiger partial charge in [-0.15, -0.1) is 0 Å². The Balaban J connectivity index is 1.52. The molecule has 3 aromatic carbocycles. The number of hydrogen-bond acceptors (Lipinski definition) is 3. The van der Waals surface area contributed by atoms with Crippen molar-refractivity contribution in [1.82, 2.24) is 0 Å². The van der Waals surface area contributed by atoms with E-state index in [1.54, 1.807) is 36.4 Å². The summed E-state index contributed by atoms with van der Waals surface area (Å²) in [6.07, 6.45) is 1.60. The number of benzene rings is 3. The molecule has 0 radical (unpaired) electrons. The third-order valence-corrected chi connectivity index (χ3v) is 4.06. The molecule has 3 nitrogen and oxygen atoms in total. The third-order valence-electron chi connectivity index (χ3n) is 4.06. The van der Waals surface area contributed by atoms with Crippen LogP contribution in [0.5, 0.6) is 11.5 Å². The van der Waals surface area contributed by atoms with Crippen LogP contribution in [0.3, 0.4) is 0 Å². The van der Waals surface area contributed by atoms with Crippen LogP contribution in [-0.2, 0) is 6.61 Å². The number of halogens is 1. The van der Waals surface area contributed by atoms with Gasteiger partial charge in [-0.1, -0.05) is 42.5 Å². The minimum absolute atomic E-state index is 0.195. The Morgan fingerprint density at radius 3 is 2.50 bits per heavy atom. The molecular weight excluding hydrogens is 331 g/mol. The number of allylic oxidation sites excluding steroid dienone is 1. The van der Waals surface area contributed by atoms with E-state index in [1.807, 2.05) is 30.3 Å². The summed E-state index contributed by atoms with van der Waals surface area (Å²) in [7, 11) is 0. The standard InChI is InChI=1S/C22H15FO3/c23-17-8-6-15(7-9-17)12-21-22(24)19-11-10-18(13-20(19)26-21)25-14-16-4-2-1-3-5-16/h1-13H,14H2. The molecule has 0 N–H and O–H groups in total. The first-order chi connectivity index (χ1) is 12.7. The van der Waals surface area contributed by atoms with Crippen LogP contribution in [0.15, 0.2) is 78.6 Å². The van der Waals surface area contributed by atoms with Gasteiger partial charge in [0.25, 0.3) is 0 Å². The molecule has 0 spiro atoms. The highest BCUT2D eigenvalue weighted by atomic mass is 19.1. The second-order valence-electron chi connectivity index (χ2n) is 5.92. The summed E-state index contributed by atoms with van der Waals surface area (Å²) >= 11 is 0. The Kier molecular flexibility index (Phi) is 4.23. The molecule has 4 rings (SSSR count). The van der Waals surface area contributed by atoms with Crippen molar-refractivity contribution in [3.63, 3.8) is 0 Å². The number of carbonyl (C=O) groups is 1. The lowest BCUT2D eigenvalue weighted by molar-refractivity contribution is 0.101. The zero-order valence-electron chi connectivity index (χ0n) is 13.8. The molecule has 0 bridgehead atoms. The minimum atomic E-state index is -0.325. The van der Waals surface area contributed by atoms with Gasteiger partial charge in [0.1, 0.15) is 23.9 Å². The number of carbonyl (C=O) groups excluding carboxylic acids is 1. The highest BCUT2D eigenvalue weighted by Gasteiger charge is 2.27. The van der Waals surface area contributed by atoms with Gasteiger partial charge in [-0.2, -0.15) is 0 Å². The van der Waals surface area contributed by atoms with Crippen molar-refractivity contribution < 1.29 is 18.7 Å². The van der Waals surface area contributed by atoms with Crippen LogP contribution in [0.2, 0.25) is 0 Å². The Morgan fingerprint density at radius 2 is 1.73 bits per heavy atom. The Morgan fingerprint density at radius 1 is 0.962 bits per heavy atom. The number of rotatable bonds is 4. The van der Waals surface area contributed by atoms with E-state index in [1.165, 1.54) is 12.1 Å². The van der Waals surface area contributed by atoms with Gasteiger partial charge in [0.2, 0.25) is 5.78 Å². The topological polar surface area (TPSA) is 35.5 Å². The predicted octanol–water partition coefficient (Wildman–Crippen LogP) is 5.02. The van der Waals surface area contributed by atoms with Crippen molar-refractivity contribution in [2.45, 2.75) is 6.61 Å². The zero-order chi connectivity index (χ0) is 17.9. The first-order valence-corrected chi connectivity index (χ1v) is 8.20. The lowest BCUT2D eigenvalue weighted by Crippen LogP contribution is -1.98. The van der Waals surface area contributed by atoms with Gasteiger partial charge in [-0.25, -0.2) is 4.39 Å². The van der Waals surface area contributed by atoms with E-state index in [2.05, 4.69) is 0 Å². The van der Waals surface area contributed by atoms with Crippen molar-refractivity contribution in [2.75, 3.05) is 0 Å². The molecule has 1 aliphatic rings. The molecule has 1 aliphatic heterocycles. The maximum Gasteiger partial charge on any atom is 0.231 e. The molecule has 4 heteroatoms. The maximum atomic E-state index is 13.0. The van der Waals surface area contributed by atoms with E-state index < -0.39 is 0 Å². The molecule has 128 valence electrons. The first-order valence-electron chi connectivity index (χ1n) is 8.20. The molecule has 26 heavy (non-hydrogen) atoms. The van der Waals surface area contributed by atoms with Gasteiger partial charge in [-0.05, 0) is 41.5 Å². The van der Waals surface area contributed by atoms with E-state index in [4.69, 9.17) is 9.47 Å². The number of ketones is 1. The van der Waals surface area contributed by atoms with E-state index in [0.29, 0.717) is 29.2 Å². The van der Waals surface area contributed by atoms with Crippen LogP contribution in [0, 0.1) is 5.82 Å². The third kappa shape index (κ3) is 3.35. The lowest BCUT2D eigenvalue weighted by Gasteiger charge is -2.07. The van der Waals surface area contributed by atoms with E-state index in [-0.39, 0.29) is 17.4 Å². The van der Waals surface area contributed by atoms with Crippen molar-refractivity contribution in [2.24, 2.45) is 0 Å². The molecule has 0 aromatic heterocycles. The summed E-state index contributed by atoms with van der Waals surface area (Å²) in [5.74, 6) is 0.789. The summed E-state index contributed by atoms with van der Waals surface area (Å²) in [4.78, 5) is 12.5. The number of fused-ring (bicyclic) bond motifs is 1. The summed E-state index contributed by atoms with van der Waals surface area (Å²) in [6.45, 7) is 0.436. The number of Topliss-reactive ketones (excluding diaryl/α,β-unsaturated/α-hetero) is 1. The molecule has 0 atom stereocenters. The molecular formula is C22H15FO3. The van der Waals surface area contributed by atoms with Crippen molar-refractivity contribution in [3.05, 3.63) is 101 Å². The van der Waals surface area contributed by atoms with Gasteiger partial charge < -0.3 is 9.47 Å². The summed E-state index contributed by atoms with van der Waals surface area (Å²) < 4.78 is 24.4. The average Bonchev–Trinajstić information content (AvgIpc) is 2.98. The van der Waals surface area contributed by atoms with Crippen LogP contribution in [0.25, 0.3) is 6.08 Å². The van der Waals surface area contributed by atoms with Gasteiger partial charge >= 0.3 is 0 Å². The van der Waals surface area contributed by atoms with Crippen LogP contribution >= 0.6 is 0 Å². The molecule has 0 unspecified atom stereocenters. The molecule has 0 saturated carbocycles. The summed E-state index contributed by atoms with van der Waals surface area (Å²) in [6, 6.07) is 20.9. The second-order valence-corrected chi connectivity index (χ2v) is 5.92. The fourth-order valence-electron chi connectivity index (χ4n) is 2.71. The van der Waals surface area contributed by atoms with Crippen LogP contribution in [-0.4, -0.2) is 5.78 Å². The first kappa shape index (κ1) is 16.1. The minimum Gasteiger partial charge on any atom is -0.489 e. The largest absolute Gasteiger partial charge is 0.489 e. The zero-order valence-corrected chi connectivity index (χ0v) is 13.8. The van der Waals surface area contributed by atoms with Crippen molar-refractivity contribution >= 4 is 11.9 Å². The van der Waals surface area contributed by atoms with E-state index >= 15 is 0 Å². The lowest BCUT2D eigenvalue weighted by atomic mass is 10.1. The van der Waals surface area contributed by atoms with Crippen molar-refractivity contribution in [1.29, 1.82) is 0 Å². The Bertz CT molecular complexity index is 976. The van der Waals surface area contributed by atoms with Crippen LogP contribution in [0.4, 0.5) is 4.39 Å². The summed E-state index contributed by atoms with van der Waals surface area (Å²) in [5.41, 5.74) is 2.25. The highest BCUT2D eigenvalue weighted by molar-refractivity contribution is 6.14. The Labute approximate surface area is 150 Å². The Hall–Kier alpha value is -3.40. The average molecular weight is 346 g/mol. The van der Waals surface area contributed by atoms with Gasteiger partial charge in [-0.3, -0.25) is 4.79 Å². The van der Waals surface area contributed by atoms with Crippen LogP contribution < -0.4 is 9.47 Å². The molecule has 3 aromatic rings. The molecule has 1 heterocycles. The fraction of sp³-hybridized carbons (Fsp3) is 0.0455. The van der Waals surface area contributed by atoms with E-state index in [0.717, 1.165) is 5.56 Å². The quantitative estimate of drug-likeness (QED) is 0.622. The van der Waals surface area contributed by atoms with Gasteiger partial charge in [0, 0.05) is 6.07 Å². The van der Waals surface area contributed by atoms with Crippen molar-refractivity contribution in [3.8, 4) is 11.5 Å². The normalized spacial score (nSPS) is 14.2. The van der Waals surface area contributed by atoms with Gasteiger partial charge in [0.15, 0.2) is 5.76 Å². The molecule has 0 aliphatic carbocycles. The van der Waals surface area contributed by atoms with E-state index in [9.17, 15) is 9.18 Å². The van der Waals surface area contributed by atoms with Crippen LogP contribution in [0.1, 0.15) is 21.5 Å². The maximum absolute atomic E-state index is 13.0. The predicted molar refractivity (Wildman–Crippen MR) is 96.6 cm³/mol. The smallest absolute Gasteiger partial charge is 0.231 e.